The van der Waals surface area contributed by atoms with Gasteiger partial charge >= 0.3 is 0 Å². The predicted molar refractivity (Wildman–Crippen MR) is 125 cm³/mol. The lowest BCUT2D eigenvalue weighted by molar-refractivity contribution is -0.132. The summed E-state index contributed by atoms with van der Waals surface area (Å²) in [7, 11) is -3.76. The van der Waals surface area contributed by atoms with E-state index in [4.69, 9.17) is 0 Å². The van der Waals surface area contributed by atoms with Crippen molar-refractivity contribution in [1.82, 2.24) is 19.4 Å². The second-order valence-electron chi connectivity index (χ2n) is 8.49. The van der Waals surface area contributed by atoms with Gasteiger partial charge in [0.1, 0.15) is 0 Å². The van der Waals surface area contributed by atoms with Gasteiger partial charge in [-0.2, -0.15) is 4.31 Å². The zero-order chi connectivity index (χ0) is 22.4. The van der Waals surface area contributed by atoms with Gasteiger partial charge in [0.15, 0.2) is 0 Å². The van der Waals surface area contributed by atoms with E-state index in [-0.39, 0.29) is 23.4 Å². The Bertz CT molecular complexity index is 971. The fraction of sp³-hybridized carbons (Fsp3) is 0.458. The molecule has 0 unspecified atom stereocenters. The largest absolute Gasteiger partial charge is 0.339 e. The molecule has 2 aromatic rings. The van der Waals surface area contributed by atoms with E-state index in [1.807, 2.05) is 18.2 Å². The molecule has 2 aliphatic heterocycles. The van der Waals surface area contributed by atoms with Crippen LogP contribution in [0.15, 0.2) is 65.6 Å². The Morgan fingerprint density at radius 3 is 2.12 bits per heavy atom. The number of nitrogens with zero attached hydrogens (tertiary/aromatic N) is 3. The van der Waals surface area contributed by atoms with E-state index in [2.05, 4.69) is 22.3 Å². The van der Waals surface area contributed by atoms with Crippen LogP contribution in [0.25, 0.3) is 0 Å². The Labute approximate surface area is 191 Å². The van der Waals surface area contributed by atoms with Gasteiger partial charge in [0.05, 0.1) is 11.4 Å². The molecule has 4 rings (SSSR count). The first-order valence-electron chi connectivity index (χ1n) is 11.4. The van der Waals surface area contributed by atoms with E-state index in [9.17, 15) is 13.2 Å². The van der Waals surface area contributed by atoms with E-state index >= 15 is 0 Å². The number of benzene rings is 2. The van der Waals surface area contributed by atoms with Crippen LogP contribution in [0.4, 0.5) is 0 Å². The first kappa shape index (κ1) is 22.9. The Hall–Kier alpha value is -2.26. The molecule has 2 saturated heterocycles. The highest BCUT2D eigenvalue weighted by Gasteiger charge is 2.36. The molecule has 0 atom stereocenters. The van der Waals surface area contributed by atoms with Crippen molar-refractivity contribution in [2.24, 2.45) is 0 Å². The molecule has 2 heterocycles. The Balaban J connectivity index is 1.48. The predicted octanol–water partition coefficient (Wildman–Crippen LogP) is 1.77. The summed E-state index contributed by atoms with van der Waals surface area (Å²) >= 11 is 0. The number of hydrogen-bond acceptors (Lipinski definition) is 5. The molecular formula is C24H32N4O3S. The molecule has 2 aliphatic rings. The lowest BCUT2D eigenvalue weighted by atomic mass is 10.0. The monoisotopic (exact) mass is 456 g/mol. The Morgan fingerprint density at radius 2 is 1.50 bits per heavy atom. The standard InChI is InChI=1S/C24H32N4O3S/c29-24(27-17-13-25-14-18-27)20-28(32(30,31)23-9-5-2-6-10-23)22-11-15-26(16-12-22)19-21-7-3-1-4-8-21/h1-10,22,25H,11-20H2. The molecule has 2 fully saturated rings. The summed E-state index contributed by atoms with van der Waals surface area (Å²) in [6.07, 6.45) is 1.43. The molecule has 32 heavy (non-hydrogen) atoms. The quantitative estimate of drug-likeness (QED) is 0.688. The minimum Gasteiger partial charge on any atom is -0.339 e. The maximum absolute atomic E-state index is 13.6. The van der Waals surface area contributed by atoms with Crippen LogP contribution < -0.4 is 5.32 Å². The minimum absolute atomic E-state index is 0.0966. The van der Waals surface area contributed by atoms with Crippen LogP contribution in [-0.2, 0) is 21.4 Å². The average Bonchev–Trinajstić information content (AvgIpc) is 2.85. The highest BCUT2D eigenvalue weighted by atomic mass is 32.2. The first-order chi connectivity index (χ1) is 15.5. The highest BCUT2D eigenvalue weighted by Crippen LogP contribution is 2.25. The lowest BCUT2D eigenvalue weighted by Gasteiger charge is -2.38. The van der Waals surface area contributed by atoms with Crippen molar-refractivity contribution in [3.63, 3.8) is 0 Å². The van der Waals surface area contributed by atoms with Crippen LogP contribution in [0.1, 0.15) is 18.4 Å². The Morgan fingerprint density at radius 1 is 0.906 bits per heavy atom. The summed E-state index contributed by atoms with van der Waals surface area (Å²) in [5.41, 5.74) is 1.26. The summed E-state index contributed by atoms with van der Waals surface area (Å²) in [4.78, 5) is 17.4. The molecule has 0 radical (unpaired) electrons. The fourth-order valence-corrected chi connectivity index (χ4v) is 6.15. The van der Waals surface area contributed by atoms with Gasteiger partial charge in [-0.1, -0.05) is 48.5 Å². The molecule has 8 heteroatoms. The molecule has 7 nitrogen and oxygen atoms in total. The number of likely N-dealkylation sites (tertiary alicyclic amines) is 1. The molecule has 1 amide bonds. The topological polar surface area (TPSA) is 73.0 Å². The molecule has 0 aliphatic carbocycles. The van der Waals surface area contributed by atoms with Gasteiger partial charge in [-0.15, -0.1) is 0 Å². The van der Waals surface area contributed by atoms with E-state index in [1.165, 1.54) is 9.87 Å². The zero-order valence-corrected chi connectivity index (χ0v) is 19.2. The highest BCUT2D eigenvalue weighted by molar-refractivity contribution is 7.89. The van der Waals surface area contributed by atoms with E-state index in [0.717, 1.165) is 32.7 Å². The van der Waals surface area contributed by atoms with Crippen LogP contribution in [0.2, 0.25) is 0 Å². The number of nitrogens with one attached hydrogen (secondary N) is 1. The number of hydrogen-bond donors (Lipinski definition) is 1. The van der Waals surface area contributed by atoms with Crippen molar-refractivity contribution in [3.05, 3.63) is 66.2 Å². The van der Waals surface area contributed by atoms with E-state index in [0.29, 0.717) is 25.9 Å². The molecule has 0 saturated carbocycles. The second-order valence-corrected chi connectivity index (χ2v) is 10.4. The average molecular weight is 457 g/mol. The van der Waals surface area contributed by atoms with Crippen molar-refractivity contribution < 1.29 is 13.2 Å². The number of rotatable bonds is 7. The van der Waals surface area contributed by atoms with Gasteiger partial charge < -0.3 is 10.2 Å². The third kappa shape index (κ3) is 5.56. The SMILES string of the molecule is O=C(CN(C1CCN(Cc2ccccc2)CC1)S(=O)(=O)c1ccccc1)N1CCNCC1. The third-order valence-electron chi connectivity index (χ3n) is 6.32. The number of amides is 1. The summed E-state index contributed by atoms with van der Waals surface area (Å²) < 4.78 is 28.6. The number of carbonyl (C=O) groups excluding carboxylic acids is 1. The van der Waals surface area contributed by atoms with Gasteiger partial charge in [-0.25, -0.2) is 8.42 Å². The number of piperazine rings is 1. The van der Waals surface area contributed by atoms with Crippen LogP contribution in [0.3, 0.4) is 0 Å². The number of carbonyl (C=O) groups is 1. The molecule has 2 aromatic carbocycles. The second kappa shape index (κ2) is 10.6. The fourth-order valence-electron chi connectivity index (χ4n) is 4.49. The molecule has 0 aromatic heterocycles. The van der Waals surface area contributed by atoms with Crippen molar-refractivity contribution >= 4 is 15.9 Å². The van der Waals surface area contributed by atoms with Crippen molar-refractivity contribution in [3.8, 4) is 0 Å². The van der Waals surface area contributed by atoms with Crippen molar-refractivity contribution in [1.29, 1.82) is 0 Å². The summed E-state index contributed by atoms with van der Waals surface area (Å²) in [6, 6.07) is 18.6. The third-order valence-corrected chi connectivity index (χ3v) is 8.24. The van der Waals surface area contributed by atoms with Crippen LogP contribution >= 0.6 is 0 Å². The van der Waals surface area contributed by atoms with Crippen LogP contribution in [-0.4, -0.2) is 80.3 Å². The van der Waals surface area contributed by atoms with Gasteiger partial charge in [0.25, 0.3) is 0 Å². The summed E-state index contributed by atoms with van der Waals surface area (Å²) in [5, 5.41) is 3.24. The van der Waals surface area contributed by atoms with Crippen LogP contribution in [0, 0.1) is 0 Å². The summed E-state index contributed by atoms with van der Waals surface area (Å²) in [5.74, 6) is -0.113. The maximum atomic E-state index is 13.6. The lowest BCUT2D eigenvalue weighted by Crippen LogP contribution is -2.53. The van der Waals surface area contributed by atoms with Gasteiger partial charge in [0.2, 0.25) is 15.9 Å². The maximum Gasteiger partial charge on any atom is 0.243 e. The van der Waals surface area contributed by atoms with Crippen molar-refractivity contribution in [2.45, 2.75) is 30.3 Å². The Kier molecular flexibility index (Phi) is 7.57. The molecule has 1 N–H and O–H groups in total. The molecule has 0 bridgehead atoms. The minimum atomic E-state index is -3.76. The number of piperidine rings is 1. The van der Waals surface area contributed by atoms with E-state index < -0.39 is 10.0 Å². The van der Waals surface area contributed by atoms with Crippen molar-refractivity contribution in [2.75, 3.05) is 45.8 Å². The number of sulfonamides is 1. The summed E-state index contributed by atoms with van der Waals surface area (Å²) in [6.45, 7) is 5.11. The first-order valence-corrected chi connectivity index (χ1v) is 12.8. The smallest absolute Gasteiger partial charge is 0.243 e. The zero-order valence-electron chi connectivity index (χ0n) is 18.4. The van der Waals surface area contributed by atoms with Gasteiger partial charge in [-0.3, -0.25) is 9.69 Å². The van der Waals surface area contributed by atoms with Crippen LogP contribution in [0.5, 0.6) is 0 Å². The molecular weight excluding hydrogens is 424 g/mol. The molecule has 0 spiro atoms. The van der Waals surface area contributed by atoms with E-state index in [1.54, 1.807) is 35.2 Å². The van der Waals surface area contributed by atoms with Gasteiger partial charge in [-0.05, 0) is 30.5 Å². The molecule has 172 valence electrons. The normalized spacial score (nSPS) is 18.7. The van der Waals surface area contributed by atoms with Gasteiger partial charge in [0, 0.05) is 51.9 Å².